The first kappa shape index (κ1) is 17.6. The highest BCUT2D eigenvalue weighted by Gasteiger charge is 2.16. The lowest BCUT2D eigenvalue weighted by Crippen LogP contribution is -2.09. The molecule has 0 bridgehead atoms. The van der Waals surface area contributed by atoms with E-state index in [-0.39, 0.29) is 11.8 Å². The number of methoxy groups -OCH3 is 1. The normalized spacial score (nSPS) is 11.2. The number of aromatic nitrogens is 4. The van der Waals surface area contributed by atoms with E-state index in [9.17, 15) is 0 Å². The van der Waals surface area contributed by atoms with Crippen molar-refractivity contribution in [3.63, 3.8) is 0 Å². The van der Waals surface area contributed by atoms with E-state index in [0.29, 0.717) is 35.7 Å². The number of nitrogens with zero attached hydrogens (tertiary/aromatic N) is 4. The molecule has 0 unspecified atom stereocenters. The summed E-state index contributed by atoms with van der Waals surface area (Å²) >= 11 is 3.49. The van der Waals surface area contributed by atoms with Gasteiger partial charge in [0.15, 0.2) is 21.7 Å². The van der Waals surface area contributed by atoms with E-state index >= 15 is 0 Å². The van der Waals surface area contributed by atoms with Crippen molar-refractivity contribution >= 4 is 32.9 Å². The third-order valence-electron chi connectivity index (χ3n) is 3.85. The minimum atomic E-state index is 0.219. The molecule has 3 aromatic rings. The number of nitrogen functional groups attached to an aromatic ring is 1. The van der Waals surface area contributed by atoms with Gasteiger partial charge in [-0.3, -0.25) is 4.57 Å². The predicted molar refractivity (Wildman–Crippen MR) is 99.7 cm³/mol. The molecule has 0 radical (unpaired) electrons. The lowest BCUT2D eigenvalue weighted by molar-refractivity contribution is 0.141. The molecule has 0 spiro atoms. The number of fused-ring (bicyclic) bond motifs is 1. The zero-order chi connectivity index (χ0) is 17.8. The van der Waals surface area contributed by atoms with Gasteiger partial charge >= 0.3 is 6.01 Å². The summed E-state index contributed by atoms with van der Waals surface area (Å²) in [5.41, 5.74) is 9.65. The van der Waals surface area contributed by atoms with Gasteiger partial charge in [-0.1, -0.05) is 31.2 Å². The molecule has 2 N–H and O–H groups in total. The van der Waals surface area contributed by atoms with Crippen molar-refractivity contribution in [2.24, 2.45) is 0 Å². The van der Waals surface area contributed by atoms with Gasteiger partial charge < -0.3 is 15.2 Å². The topological polar surface area (TPSA) is 88.1 Å². The molecule has 7 nitrogen and oxygen atoms in total. The largest absolute Gasteiger partial charge is 0.461 e. The van der Waals surface area contributed by atoms with E-state index in [2.05, 4.69) is 62.1 Å². The fourth-order valence-electron chi connectivity index (χ4n) is 2.46. The SMILES string of the molecule is CCc1ccc(Cn2c(Br)nc3c(N)nc(OCCOC)nc32)cc1. The fourth-order valence-corrected chi connectivity index (χ4v) is 2.93. The Morgan fingerprint density at radius 3 is 2.48 bits per heavy atom. The number of hydrogen-bond donors (Lipinski definition) is 1. The van der Waals surface area contributed by atoms with Gasteiger partial charge in [-0.2, -0.15) is 9.97 Å². The molecule has 2 heterocycles. The summed E-state index contributed by atoms with van der Waals surface area (Å²) in [5, 5.41) is 0. The second kappa shape index (κ2) is 7.79. The maximum absolute atomic E-state index is 6.02. The molecule has 0 saturated heterocycles. The standard InChI is InChI=1S/C17H20BrN5O2/c1-3-11-4-6-12(7-5-11)10-23-15-13(20-16(23)18)14(19)21-17(22-15)25-9-8-24-2/h4-7H,3,8-10H2,1-2H3,(H2,19,21,22). The Morgan fingerprint density at radius 1 is 1.08 bits per heavy atom. The molecule has 1 aromatic carbocycles. The first-order valence-corrected chi connectivity index (χ1v) is 8.80. The van der Waals surface area contributed by atoms with E-state index in [1.165, 1.54) is 5.56 Å². The molecular weight excluding hydrogens is 386 g/mol. The number of halogens is 1. The molecule has 0 aliphatic carbocycles. The highest BCUT2D eigenvalue weighted by atomic mass is 79.9. The summed E-state index contributed by atoms with van der Waals surface area (Å²) in [4.78, 5) is 13.0. The summed E-state index contributed by atoms with van der Waals surface area (Å²) in [6.07, 6.45) is 1.02. The second-order valence-electron chi connectivity index (χ2n) is 5.54. The van der Waals surface area contributed by atoms with Crippen molar-refractivity contribution in [3.8, 4) is 6.01 Å². The Hall–Kier alpha value is -2.19. The van der Waals surface area contributed by atoms with Crippen LogP contribution in [-0.2, 0) is 17.7 Å². The molecule has 0 aliphatic rings. The van der Waals surface area contributed by atoms with Crippen LogP contribution in [0.3, 0.4) is 0 Å². The molecule has 0 fully saturated rings. The van der Waals surface area contributed by atoms with Crippen LogP contribution in [0, 0.1) is 0 Å². The van der Waals surface area contributed by atoms with Crippen molar-refractivity contribution in [1.82, 2.24) is 19.5 Å². The van der Waals surface area contributed by atoms with Crippen molar-refractivity contribution in [2.75, 3.05) is 26.1 Å². The molecule has 0 amide bonds. The minimum Gasteiger partial charge on any atom is -0.461 e. The fraction of sp³-hybridized carbons (Fsp3) is 0.353. The molecular formula is C17H20BrN5O2. The number of rotatable bonds is 7. The van der Waals surface area contributed by atoms with E-state index in [0.717, 1.165) is 12.0 Å². The molecule has 0 saturated carbocycles. The summed E-state index contributed by atoms with van der Waals surface area (Å²) in [6.45, 7) is 3.57. The number of benzene rings is 1. The molecule has 3 rings (SSSR count). The highest BCUT2D eigenvalue weighted by molar-refractivity contribution is 9.10. The molecule has 2 aromatic heterocycles. The second-order valence-corrected chi connectivity index (χ2v) is 6.25. The molecule has 0 aliphatic heterocycles. The summed E-state index contributed by atoms with van der Waals surface area (Å²) < 4.78 is 13.1. The number of anilines is 1. The van der Waals surface area contributed by atoms with E-state index in [1.54, 1.807) is 7.11 Å². The number of aryl methyl sites for hydroxylation is 1. The van der Waals surface area contributed by atoms with E-state index in [4.69, 9.17) is 15.2 Å². The molecule has 8 heteroatoms. The van der Waals surface area contributed by atoms with Gasteiger partial charge in [0.1, 0.15) is 6.61 Å². The van der Waals surface area contributed by atoms with Gasteiger partial charge in [-0.05, 0) is 33.5 Å². The van der Waals surface area contributed by atoms with Crippen LogP contribution in [0.1, 0.15) is 18.1 Å². The van der Waals surface area contributed by atoms with Crippen molar-refractivity contribution in [1.29, 1.82) is 0 Å². The maximum atomic E-state index is 6.02. The quantitative estimate of drug-likeness (QED) is 0.480. The lowest BCUT2D eigenvalue weighted by atomic mass is 10.1. The highest BCUT2D eigenvalue weighted by Crippen LogP contribution is 2.25. The van der Waals surface area contributed by atoms with Crippen LogP contribution in [0.15, 0.2) is 29.0 Å². The smallest absolute Gasteiger partial charge is 0.320 e. The Morgan fingerprint density at radius 2 is 1.80 bits per heavy atom. The van der Waals surface area contributed by atoms with Crippen LogP contribution in [0.4, 0.5) is 5.82 Å². The van der Waals surface area contributed by atoms with Crippen molar-refractivity contribution in [3.05, 3.63) is 40.1 Å². The van der Waals surface area contributed by atoms with Crippen LogP contribution >= 0.6 is 15.9 Å². The Bertz CT molecular complexity index is 864. The van der Waals surface area contributed by atoms with E-state index in [1.807, 2.05) is 4.57 Å². The Balaban J connectivity index is 1.94. The molecule has 0 atom stereocenters. The summed E-state index contributed by atoms with van der Waals surface area (Å²) in [7, 11) is 1.61. The number of imidazole rings is 1. The van der Waals surface area contributed by atoms with Gasteiger partial charge in [0, 0.05) is 7.11 Å². The monoisotopic (exact) mass is 405 g/mol. The lowest BCUT2D eigenvalue weighted by Gasteiger charge is -2.08. The van der Waals surface area contributed by atoms with E-state index < -0.39 is 0 Å². The third kappa shape index (κ3) is 3.91. The molecule has 132 valence electrons. The molecule has 25 heavy (non-hydrogen) atoms. The summed E-state index contributed by atoms with van der Waals surface area (Å²) in [5.74, 6) is 0.290. The van der Waals surface area contributed by atoms with Crippen molar-refractivity contribution in [2.45, 2.75) is 19.9 Å². The average molecular weight is 406 g/mol. The van der Waals surface area contributed by atoms with Gasteiger partial charge in [0.2, 0.25) is 0 Å². The van der Waals surface area contributed by atoms with Gasteiger partial charge in [0.05, 0.1) is 13.2 Å². The minimum absolute atomic E-state index is 0.219. The average Bonchev–Trinajstić information content (AvgIpc) is 2.93. The van der Waals surface area contributed by atoms with Crippen LogP contribution < -0.4 is 10.5 Å². The predicted octanol–water partition coefficient (Wildman–Crippen LogP) is 2.81. The van der Waals surface area contributed by atoms with Crippen LogP contribution in [-0.4, -0.2) is 39.8 Å². The first-order chi connectivity index (χ1) is 12.1. The zero-order valence-corrected chi connectivity index (χ0v) is 15.8. The zero-order valence-electron chi connectivity index (χ0n) is 14.2. The van der Waals surface area contributed by atoms with Gasteiger partial charge in [-0.25, -0.2) is 4.98 Å². The number of ether oxygens (including phenoxy) is 2. The first-order valence-electron chi connectivity index (χ1n) is 8.01. The van der Waals surface area contributed by atoms with Crippen LogP contribution in [0.25, 0.3) is 11.2 Å². The summed E-state index contributed by atoms with van der Waals surface area (Å²) in [6, 6.07) is 8.70. The Kier molecular flexibility index (Phi) is 5.50. The van der Waals surface area contributed by atoms with Gasteiger partial charge in [-0.15, -0.1) is 0 Å². The van der Waals surface area contributed by atoms with Crippen LogP contribution in [0.2, 0.25) is 0 Å². The van der Waals surface area contributed by atoms with Crippen LogP contribution in [0.5, 0.6) is 6.01 Å². The third-order valence-corrected chi connectivity index (χ3v) is 4.45. The number of hydrogen-bond acceptors (Lipinski definition) is 6. The Labute approximate surface area is 154 Å². The maximum Gasteiger partial charge on any atom is 0.320 e. The number of nitrogens with two attached hydrogens (primary N) is 1. The van der Waals surface area contributed by atoms with Crippen molar-refractivity contribution < 1.29 is 9.47 Å². The van der Waals surface area contributed by atoms with Gasteiger partial charge in [0.25, 0.3) is 0 Å².